The molecule has 0 spiro atoms. The summed E-state index contributed by atoms with van der Waals surface area (Å²) in [6.45, 7) is 0. The summed E-state index contributed by atoms with van der Waals surface area (Å²) in [6.07, 6.45) is 1.69. The Balaban J connectivity index is 2.31. The molecule has 0 unspecified atom stereocenters. The van der Waals surface area contributed by atoms with Crippen molar-refractivity contribution in [3.8, 4) is 5.75 Å². The highest BCUT2D eigenvalue weighted by molar-refractivity contribution is 8.26. The monoisotopic (exact) mass is 237 g/mol. The summed E-state index contributed by atoms with van der Waals surface area (Å²) in [5.74, 6) is -0.0105. The Hall–Kier alpha value is -1.33. The van der Waals surface area contributed by atoms with E-state index in [0.29, 0.717) is 9.23 Å². The van der Waals surface area contributed by atoms with Gasteiger partial charge in [-0.15, -0.1) is 0 Å². The molecule has 76 valence electrons. The number of thioether (sulfide) groups is 1. The number of aromatic hydroxyl groups is 1. The maximum Gasteiger partial charge on any atom is 0.263 e. The lowest BCUT2D eigenvalue weighted by Crippen LogP contribution is -2.17. The van der Waals surface area contributed by atoms with Gasteiger partial charge in [-0.2, -0.15) is 0 Å². The molecule has 1 heterocycles. The highest BCUT2D eigenvalue weighted by Crippen LogP contribution is 2.26. The van der Waals surface area contributed by atoms with Gasteiger partial charge in [0.1, 0.15) is 10.1 Å². The summed E-state index contributed by atoms with van der Waals surface area (Å²) in [4.78, 5) is 11.9. The maximum atomic E-state index is 11.3. The molecule has 1 amide bonds. The first-order chi connectivity index (χ1) is 7.15. The van der Waals surface area contributed by atoms with Crippen LogP contribution in [0.4, 0.5) is 0 Å². The van der Waals surface area contributed by atoms with E-state index >= 15 is 0 Å². The van der Waals surface area contributed by atoms with E-state index in [9.17, 15) is 9.90 Å². The van der Waals surface area contributed by atoms with Gasteiger partial charge in [0.15, 0.2) is 0 Å². The van der Waals surface area contributed by atoms with Gasteiger partial charge in [0.25, 0.3) is 5.91 Å². The predicted octanol–water partition coefficient (Wildman–Crippen LogP) is 1.88. The second kappa shape index (κ2) is 4.04. The number of carbonyl (C=O) groups is 1. The SMILES string of the molecule is O=C1NC(=S)SC1=Cc1cccc(O)c1. The van der Waals surface area contributed by atoms with Gasteiger partial charge in [0, 0.05) is 0 Å². The second-order valence-corrected chi connectivity index (χ2v) is 4.67. The lowest BCUT2D eigenvalue weighted by molar-refractivity contribution is -0.115. The number of nitrogens with one attached hydrogen (secondary N) is 1. The molecule has 3 nitrogen and oxygen atoms in total. The standard InChI is InChI=1S/C10H7NO2S2/c12-7-3-1-2-6(4-7)5-8-9(13)11-10(14)15-8/h1-5,12H,(H,11,13,14). The van der Waals surface area contributed by atoms with Gasteiger partial charge in [-0.1, -0.05) is 36.1 Å². The van der Waals surface area contributed by atoms with Crippen molar-refractivity contribution < 1.29 is 9.90 Å². The fraction of sp³-hybridized carbons (Fsp3) is 0. The van der Waals surface area contributed by atoms with E-state index in [1.807, 2.05) is 6.07 Å². The number of carbonyl (C=O) groups excluding carboxylic acids is 1. The van der Waals surface area contributed by atoms with Crippen molar-refractivity contribution in [2.75, 3.05) is 0 Å². The normalized spacial score (nSPS) is 18.3. The van der Waals surface area contributed by atoms with Crippen molar-refractivity contribution in [1.82, 2.24) is 5.32 Å². The molecule has 1 aromatic rings. The van der Waals surface area contributed by atoms with E-state index in [4.69, 9.17) is 12.2 Å². The third-order valence-electron chi connectivity index (χ3n) is 1.81. The van der Waals surface area contributed by atoms with E-state index in [0.717, 1.165) is 5.56 Å². The Kier molecular flexibility index (Phi) is 2.75. The topological polar surface area (TPSA) is 49.3 Å². The zero-order valence-corrected chi connectivity index (χ0v) is 9.19. The summed E-state index contributed by atoms with van der Waals surface area (Å²) in [7, 11) is 0. The van der Waals surface area contributed by atoms with Gasteiger partial charge < -0.3 is 10.4 Å². The van der Waals surface area contributed by atoms with Gasteiger partial charge in [-0.25, -0.2) is 0 Å². The van der Waals surface area contributed by atoms with Crippen LogP contribution in [0.5, 0.6) is 5.75 Å². The van der Waals surface area contributed by atoms with Gasteiger partial charge in [-0.3, -0.25) is 4.79 Å². The van der Waals surface area contributed by atoms with E-state index in [1.54, 1.807) is 24.3 Å². The summed E-state index contributed by atoms with van der Waals surface area (Å²) < 4.78 is 0.464. The number of amides is 1. The van der Waals surface area contributed by atoms with Crippen LogP contribution in [0.2, 0.25) is 0 Å². The molecule has 0 aliphatic carbocycles. The molecule has 0 saturated carbocycles. The third-order valence-corrected chi connectivity index (χ3v) is 2.97. The van der Waals surface area contributed by atoms with Crippen molar-refractivity contribution in [1.29, 1.82) is 0 Å². The molecule has 2 N–H and O–H groups in total. The van der Waals surface area contributed by atoms with Gasteiger partial charge in [-0.05, 0) is 23.8 Å². The molecule has 0 aromatic heterocycles. The average molecular weight is 237 g/mol. The zero-order valence-electron chi connectivity index (χ0n) is 7.56. The molecule has 0 bridgehead atoms. The van der Waals surface area contributed by atoms with E-state index < -0.39 is 0 Å². The Morgan fingerprint density at radius 3 is 2.87 bits per heavy atom. The van der Waals surface area contributed by atoms with Crippen LogP contribution >= 0.6 is 24.0 Å². The third kappa shape index (κ3) is 2.37. The lowest BCUT2D eigenvalue weighted by Gasteiger charge is -1.95. The first-order valence-electron chi connectivity index (χ1n) is 4.19. The fourth-order valence-electron chi connectivity index (χ4n) is 1.19. The van der Waals surface area contributed by atoms with E-state index in [-0.39, 0.29) is 11.7 Å². The Morgan fingerprint density at radius 2 is 2.27 bits per heavy atom. The molecule has 1 saturated heterocycles. The molecule has 0 radical (unpaired) electrons. The van der Waals surface area contributed by atoms with Gasteiger partial charge in [0.05, 0.1) is 4.91 Å². The Bertz CT molecular complexity index is 468. The minimum absolute atomic E-state index is 0.176. The molecule has 1 aliphatic rings. The highest BCUT2D eigenvalue weighted by Gasteiger charge is 2.21. The molecule has 1 fully saturated rings. The van der Waals surface area contributed by atoms with Crippen LogP contribution in [0.15, 0.2) is 29.2 Å². The second-order valence-electron chi connectivity index (χ2n) is 2.95. The lowest BCUT2D eigenvalue weighted by atomic mass is 10.2. The minimum atomic E-state index is -0.187. The number of hydrogen-bond donors (Lipinski definition) is 2. The zero-order chi connectivity index (χ0) is 10.8. The highest BCUT2D eigenvalue weighted by atomic mass is 32.2. The van der Waals surface area contributed by atoms with Crippen molar-refractivity contribution in [2.45, 2.75) is 0 Å². The first kappa shape index (κ1) is 10.2. The van der Waals surface area contributed by atoms with E-state index in [1.165, 1.54) is 11.8 Å². The van der Waals surface area contributed by atoms with E-state index in [2.05, 4.69) is 5.32 Å². The predicted molar refractivity (Wildman–Crippen MR) is 64.4 cm³/mol. The largest absolute Gasteiger partial charge is 0.508 e. The van der Waals surface area contributed by atoms with Crippen molar-refractivity contribution >= 4 is 40.3 Å². The quantitative estimate of drug-likeness (QED) is 0.578. The molecular formula is C10H7NO2S2. The first-order valence-corrected chi connectivity index (χ1v) is 5.41. The molecular weight excluding hydrogens is 230 g/mol. The smallest absolute Gasteiger partial charge is 0.263 e. The number of hydrogen-bond acceptors (Lipinski definition) is 4. The number of thiocarbonyl (C=S) groups is 1. The number of benzene rings is 1. The number of phenolic OH excluding ortho intramolecular Hbond substituents is 1. The van der Waals surface area contributed by atoms with Crippen LogP contribution in [0.1, 0.15) is 5.56 Å². The maximum absolute atomic E-state index is 11.3. The Labute approximate surface area is 96.2 Å². The van der Waals surface area contributed by atoms with Gasteiger partial charge in [0.2, 0.25) is 0 Å². The van der Waals surface area contributed by atoms with Crippen molar-refractivity contribution in [3.63, 3.8) is 0 Å². The number of rotatable bonds is 1. The van der Waals surface area contributed by atoms with Crippen LogP contribution in [0.3, 0.4) is 0 Å². The number of phenols is 1. The van der Waals surface area contributed by atoms with Crippen LogP contribution in [0, 0.1) is 0 Å². The molecule has 1 aromatic carbocycles. The summed E-state index contributed by atoms with van der Waals surface area (Å²) in [5, 5.41) is 11.8. The summed E-state index contributed by atoms with van der Waals surface area (Å²) in [6, 6.07) is 6.69. The van der Waals surface area contributed by atoms with Crippen LogP contribution in [0.25, 0.3) is 6.08 Å². The Morgan fingerprint density at radius 1 is 1.47 bits per heavy atom. The van der Waals surface area contributed by atoms with Crippen molar-refractivity contribution in [2.24, 2.45) is 0 Å². The molecule has 15 heavy (non-hydrogen) atoms. The molecule has 1 aliphatic heterocycles. The fourth-order valence-corrected chi connectivity index (χ4v) is 2.23. The van der Waals surface area contributed by atoms with Crippen molar-refractivity contribution in [3.05, 3.63) is 34.7 Å². The minimum Gasteiger partial charge on any atom is -0.508 e. The summed E-state index contributed by atoms with van der Waals surface area (Å²) >= 11 is 6.08. The van der Waals surface area contributed by atoms with Crippen LogP contribution in [-0.2, 0) is 4.79 Å². The molecule has 2 rings (SSSR count). The molecule has 5 heteroatoms. The molecule has 0 atom stereocenters. The van der Waals surface area contributed by atoms with Crippen LogP contribution in [-0.4, -0.2) is 15.3 Å². The van der Waals surface area contributed by atoms with Gasteiger partial charge >= 0.3 is 0 Å². The van der Waals surface area contributed by atoms with Crippen LogP contribution < -0.4 is 5.32 Å². The average Bonchev–Trinajstić information content (AvgIpc) is 2.45. The summed E-state index contributed by atoms with van der Waals surface area (Å²) in [5.41, 5.74) is 0.775.